The minimum atomic E-state index is -0.135. The average Bonchev–Trinajstić information content (AvgIpc) is 3.09. The van der Waals surface area contributed by atoms with Gasteiger partial charge in [0.15, 0.2) is 11.5 Å². The number of carbonyl (C=O) groups excluding carboxylic acids is 1. The number of nitrogens with one attached hydrogen (secondary N) is 1. The van der Waals surface area contributed by atoms with E-state index in [2.05, 4.69) is 15.5 Å². The Labute approximate surface area is 154 Å². The minimum absolute atomic E-state index is 0.135. The summed E-state index contributed by atoms with van der Waals surface area (Å²) in [5.74, 6) is 1.27. The molecule has 26 heavy (non-hydrogen) atoms. The highest BCUT2D eigenvalue weighted by atomic mass is 32.1. The number of hydrogen-bond donors (Lipinski definition) is 1. The first-order valence-corrected chi connectivity index (χ1v) is 9.12. The molecule has 132 valence electrons. The number of amides is 1. The Kier molecular flexibility index (Phi) is 4.79. The van der Waals surface area contributed by atoms with Crippen LogP contribution in [0.15, 0.2) is 48.5 Å². The van der Waals surface area contributed by atoms with Gasteiger partial charge < -0.3 is 14.8 Å². The summed E-state index contributed by atoms with van der Waals surface area (Å²) in [5, 5.41) is 12.4. The fourth-order valence-corrected chi connectivity index (χ4v) is 3.48. The van der Waals surface area contributed by atoms with E-state index in [4.69, 9.17) is 9.47 Å². The van der Waals surface area contributed by atoms with E-state index in [9.17, 15) is 4.79 Å². The number of aromatic nitrogens is 2. The lowest BCUT2D eigenvalue weighted by Gasteiger charge is -2.18. The van der Waals surface area contributed by atoms with Crippen molar-refractivity contribution in [2.75, 3.05) is 18.5 Å². The maximum atomic E-state index is 12.3. The van der Waals surface area contributed by atoms with Gasteiger partial charge in [-0.15, -0.1) is 10.2 Å². The largest absolute Gasteiger partial charge is 0.486 e. The Balaban J connectivity index is 1.36. The van der Waals surface area contributed by atoms with E-state index < -0.39 is 0 Å². The van der Waals surface area contributed by atoms with Crippen LogP contribution in [-0.2, 0) is 17.6 Å². The SMILES string of the molecule is O=C(Cc1ccc2c(c1)OCCO2)Nc1nnc(Cc2ccccc2)s1. The molecule has 3 aromatic rings. The van der Waals surface area contributed by atoms with Crippen LogP contribution < -0.4 is 14.8 Å². The van der Waals surface area contributed by atoms with Crippen molar-refractivity contribution in [2.45, 2.75) is 12.8 Å². The number of anilines is 1. The van der Waals surface area contributed by atoms with Crippen molar-refractivity contribution in [1.82, 2.24) is 10.2 Å². The van der Waals surface area contributed by atoms with Crippen LogP contribution in [0.5, 0.6) is 11.5 Å². The van der Waals surface area contributed by atoms with Crippen LogP contribution >= 0.6 is 11.3 Å². The number of rotatable bonds is 5. The summed E-state index contributed by atoms with van der Waals surface area (Å²) in [7, 11) is 0. The lowest BCUT2D eigenvalue weighted by Crippen LogP contribution is -2.17. The van der Waals surface area contributed by atoms with Gasteiger partial charge in [-0.05, 0) is 23.3 Å². The first kappa shape index (κ1) is 16.5. The third kappa shape index (κ3) is 4.00. The Morgan fingerprint density at radius 2 is 1.81 bits per heavy atom. The van der Waals surface area contributed by atoms with Crippen LogP contribution in [0.2, 0.25) is 0 Å². The van der Waals surface area contributed by atoms with Crippen molar-refractivity contribution >= 4 is 22.4 Å². The molecule has 0 aliphatic carbocycles. The zero-order valence-electron chi connectivity index (χ0n) is 14.0. The molecule has 2 heterocycles. The van der Waals surface area contributed by atoms with Gasteiger partial charge >= 0.3 is 0 Å². The summed E-state index contributed by atoms with van der Waals surface area (Å²) in [5.41, 5.74) is 2.03. The third-order valence-electron chi connectivity index (χ3n) is 3.88. The van der Waals surface area contributed by atoms with Gasteiger partial charge in [0.2, 0.25) is 11.0 Å². The molecule has 1 amide bonds. The second-order valence-electron chi connectivity index (χ2n) is 5.87. The molecule has 4 rings (SSSR count). The second-order valence-corrected chi connectivity index (χ2v) is 6.93. The number of ether oxygens (including phenoxy) is 2. The summed E-state index contributed by atoms with van der Waals surface area (Å²) >= 11 is 1.39. The highest BCUT2D eigenvalue weighted by Crippen LogP contribution is 2.31. The van der Waals surface area contributed by atoms with Crippen LogP contribution in [0, 0.1) is 0 Å². The van der Waals surface area contributed by atoms with Gasteiger partial charge in [-0.2, -0.15) is 0 Å². The molecule has 6 nitrogen and oxygen atoms in total. The minimum Gasteiger partial charge on any atom is -0.486 e. The van der Waals surface area contributed by atoms with Gasteiger partial charge in [0, 0.05) is 6.42 Å². The molecule has 0 saturated carbocycles. The van der Waals surface area contributed by atoms with Gasteiger partial charge in [-0.1, -0.05) is 47.7 Å². The first-order chi connectivity index (χ1) is 12.8. The van der Waals surface area contributed by atoms with E-state index in [1.807, 2.05) is 48.5 Å². The van der Waals surface area contributed by atoms with E-state index in [0.717, 1.165) is 21.9 Å². The van der Waals surface area contributed by atoms with E-state index >= 15 is 0 Å². The van der Waals surface area contributed by atoms with E-state index in [1.54, 1.807) is 0 Å². The molecule has 0 unspecified atom stereocenters. The zero-order valence-corrected chi connectivity index (χ0v) is 14.8. The van der Waals surface area contributed by atoms with Crippen LogP contribution in [0.1, 0.15) is 16.1 Å². The maximum Gasteiger partial charge on any atom is 0.230 e. The molecule has 1 aliphatic rings. The number of fused-ring (bicyclic) bond motifs is 1. The molecule has 0 bridgehead atoms. The first-order valence-electron chi connectivity index (χ1n) is 8.31. The predicted octanol–water partition coefficient (Wildman–Crippen LogP) is 3.08. The Hall–Kier alpha value is -2.93. The summed E-state index contributed by atoms with van der Waals surface area (Å²) in [6, 6.07) is 15.6. The van der Waals surface area contributed by atoms with Crippen LogP contribution in [0.4, 0.5) is 5.13 Å². The molecule has 0 saturated heterocycles. The van der Waals surface area contributed by atoms with Crippen LogP contribution in [0.25, 0.3) is 0 Å². The molecular weight excluding hydrogens is 350 g/mol. The topological polar surface area (TPSA) is 73.3 Å². The molecule has 1 aliphatic heterocycles. The van der Waals surface area contributed by atoms with Crippen molar-refractivity contribution in [3.8, 4) is 11.5 Å². The predicted molar refractivity (Wildman–Crippen MR) is 98.9 cm³/mol. The molecule has 0 atom stereocenters. The average molecular weight is 367 g/mol. The molecule has 7 heteroatoms. The molecule has 1 aromatic heterocycles. The number of nitrogens with zero attached hydrogens (tertiary/aromatic N) is 2. The Morgan fingerprint density at radius 1 is 1.00 bits per heavy atom. The van der Waals surface area contributed by atoms with Crippen molar-refractivity contribution in [3.05, 3.63) is 64.7 Å². The highest BCUT2D eigenvalue weighted by molar-refractivity contribution is 7.15. The number of benzene rings is 2. The summed E-state index contributed by atoms with van der Waals surface area (Å²) < 4.78 is 11.0. The van der Waals surface area contributed by atoms with Crippen molar-refractivity contribution in [1.29, 1.82) is 0 Å². The quantitative estimate of drug-likeness (QED) is 0.750. The normalized spacial score (nSPS) is 12.6. The van der Waals surface area contributed by atoms with Crippen molar-refractivity contribution in [2.24, 2.45) is 0 Å². The van der Waals surface area contributed by atoms with Gasteiger partial charge in [-0.25, -0.2) is 0 Å². The summed E-state index contributed by atoms with van der Waals surface area (Å²) in [6.07, 6.45) is 0.945. The lowest BCUT2D eigenvalue weighted by atomic mass is 10.1. The van der Waals surface area contributed by atoms with Gasteiger partial charge in [0.25, 0.3) is 0 Å². The fraction of sp³-hybridized carbons (Fsp3) is 0.211. The van der Waals surface area contributed by atoms with Crippen LogP contribution in [-0.4, -0.2) is 29.3 Å². The van der Waals surface area contributed by atoms with E-state index in [1.165, 1.54) is 11.3 Å². The van der Waals surface area contributed by atoms with E-state index in [0.29, 0.717) is 30.5 Å². The fourth-order valence-electron chi connectivity index (χ4n) is 2.69. The van der Waals surface area contributed by atoms with Gasteiger partial charge in [-0.3, -0.25) is 4.79 Å². The lowest BCUT2D eigenvalue weighted by molar-refractivity contribution is -0.115. The molecule has 2 aromatic carbocycles. The van der Waals surface area contributed by atoms with Gasteiger partial charge in [0.1, 0.15) is 18.2 Å². The molecular formula is C19H17N3O3S. The van der Waals surface area contributed by atoms with E-state index in [-0.39, 0.29) is 12.3 Å². The zero-order chi connectivity index (χ0) is 17.8. The number of hydrogen-bond acceptors (Lipinski definition) is 6. The number of carbonyl (C=O) groups is 1. The molecule has 0 spiro atoms. The molecule has 0 fully saturated rings. The summed E-state index contributed by atoms with van der Waals surface area (Å²) in [4.78, 5) is 12.3. The van der Waals surface area contributed by atoms with Crippen molar-refractivity contribution in [3.63, 3.8) is 0 Å². The highest BCUT2D eigenvalue weighted by Gasteiger charge is 2.14. The maximum absolute atomic E-state index is 12.3. The molecule has 1 N–H and O–H groups in total. The van der Waals surface area contributed by atoms with Crippen LogP contribution in [0.3, 0.4) is 0 Å². The molecule has 0 radical (unpaired) electrons. The van der Waals surface area contributed by atoms with Crippen molar-refractivity contribution < 1.29 is 14.3 Å². The summed E-state index contributed by atoms with van der Waals surface area (Å²) in [6.45, 7) is 1.08. The Morgan fingerprint density at radius 3 is 2.65 bits per heavy atom. The van der Waals surface area contributed by atoms with Gasteiger partial charge in [0.05, 0.1) is 6.42 Å². The second kappa shape index (κ2) is 7.53. The standard InChI is InChI=1S/C19H17N3O3S/c23-17(11-14-6-7-15-16(10-14)25-9-8-24-15)20-19-22-21-18(26-19)12-13-4-2-1-3-5-13/h1-7,10H,8-9,11-12H2,(H,20,22,23). The monoisotopic (exact) mass is 367 g/mol. The smallest absolute Gasteiger partial charge is 0.230 e. The third-order valence-corrected chi connectivity index (χ3v) is 4.72. The Bertz CT molecular complexity index is 911.